The lowest BCUT2D eigenvalue weighted by Gasteiger charge is -2.16. The van der Waals surface area contributed by atoms with Crippen LogP contribution in [0.15, 0.2) is 48.5 Å². The van der Waals surface area contributed by atoms with Crippen molar-refractivity contribution < 1.29 is 46.0 Å². The van der Waals surface area contributed by atoms with Crippen LogP contribution in [0.1, 0.15) is 0 Å². The molecule has 2 fully saturated rings. The number of epoxide rings is 2. The zero-order valence-electron chi connectivity index (χ0n) is 17.6. The Morgan fingerprint density at radius 1 is 0.588 bits per heavy atom. The predicted octanol–water partition coefficient (Wildman–Crippen LogP) is 5.38. The van der Waals surface area contributed by atoms with E-state index in [1.807, 2.05) is 0 Å². The maximum Gasteiger partial charge on any atom is 0.208 e. The summed E-state index contributed by atoms with van der Waals surface area (Å²) < 4.78 is 90.7. The largest absolute Gasteiger partial charge is 0.487 e. The standard InChI is InChI=1S/C24H18F4O6/c25-19-21(27)24(34-18-8-4-2-6-16(18)32-12-14-10-30-14)22(28)20(26)23(19)33-17-7-3-1-5-15(17)31-11-13-9-29-13/h1-8,13-14H,9-12H2. The second-order valence-electron chi connectivity index (χ2n) is 7.54. The SMILES string of the molecule is Fc1c(F)c(Oc2ccccc2OCC2CO2)c(F)c(F)c1Oc1ccccc1OCC1CO1. The quantitative estimate of drug-likeness (QED) is 0.222. The van der Waals surface area contributed by atoms with Crippen molar-refractivity contribution in [1.29, 1.82) is 0 Å². The molecule has 6 nitrogen and oxygen atoms in total. The smallest absolute Gasteiger partial charge is 0.208 e. The fourth-order valence-electron chi connectivity index (χ4n) is 2.99. The number of ether oxygens (including phenoxy) is 6. The van der Waals surface area contributed by atoms with E-state index in [9.17, 15) is 17.6 Å². The van der Waals surface area contributed by atoms with Gasteiger partial charge in [-0.25, -0.2) is 0 Å². The van der Waals surface area contributed by atoms with Crippen LogP contribution in [0.4, 0.5) is 17.6 Å². The number of hydrogen-bond donors (Lipinski definition) is 0. The van der Waals surface area contributed by atoms with Crippen LogP contribution in [-0.2, 0) is 9.47 Å². The molecule has 2 heterocycles. The maximum atomic E-state index is 14.8. The number of para-hydroxylation sites is 4. The van der Waals surface area contributed by atoms with Gasteiger partial charge in [-0.15, -0.1) is 0 Å². The molecule has 10 heteroatoms. The molecule has 0 aliphatic carbocycles. The zero-order chi connectivity index (χ0) is 23.7. The molecular formula is C24H18F4O6. The number of rotatable bonds is 10. The Morgan fingerprint density at radius 3 is 1.24 bits per heavy atom. The second kappa shape index (κ2) is 9.40. The minimum Gasteiger partial charge on any atom is -0.487 e. The first-order chi connectivity index (χ1) is 16.5. The summed E-state index contributed by atoms with van der Waals surface area (Å²) in [6.45, 7) is 1.45. The normalized spacial score (nSPS) is 18.4. The molecule has 0 N–H and O–H groups in total. The van der Waals surface area contributed by atoms with Crippen molar-refractivity contribution in [2.75, 3.05) is 26.4 Å². The highest BCUT2D eigenvalue weighted by Crippen LogP contribution is 2.42. The fraction of sp³-hybridized carbons (Fsp3) is 0.250. The fourth-order valence-corrected chi connectivity index (χ4v) is 2.99. The van der Waals surface area contributed by atoms with Gasteiger partial charge in [0.1, 0.15) is 25.4 Å². The summed E-state index contributed by atoms with van der Waals surface area (Å²) in [5.41, 5.74) is 0. The average molecular weight is 478 g/mol. The summed E-state index contributed by atoms with van der Waals surface area (Å²) in [5.74, 6) is -9.60. The van der Waals surface area contributed by atoms with Gasteiger partial charge in [0.25, 0.3) is 0 Å². The molecule has 0 aromatic heterocycles. The average Bonchev–Trinajstić information content (AvgIpc) is 3.77. The number of hydrogen-bond acceptors (Lipinski definition) is 6. The molecule has 34 heavy (non-hydrogen) atoms. The summed E-state index contributed by atoms with van der Waals surface area (Å²) in [7, 11) is 0. The minimum atomic E-state index is -1.76. The molecule has 3 aromatic carbocycles. The van der Waals surface area contributed by atoms with Crippen molar-refractivity contribution in [3.05, 3.63) is 71.8 Å². The van der Waals surface area contributed by atoms with Crippen LogP contribution in [0, 0.1) is 23.3 Å². The molecule has 0 saturated carbocycles. The lowest BCUT2D eigenvalue weighted by molar-refractivity contribution is 0.250. The Bertz CT molecular complexity index is 1070. The van der Waals surface area contributed by atoms with Crippen LogP contribution >= 0.6 is 0 Å². The van der Waals surface area contributed by atoms with Gasteiger partial charge in [-0.3, -0.25) is 0 Å². The summed E-state index contributed by atoms with van der Waals surface area (Å²) in [6.07, 6.45) is -0.173. The first-order valence-electron chi connectivity index (χ1n) is 10.4. The van der Waals surface area contributed by atoms with Crippen molar-refractivity contribution >= 4 is 0 Å². The van der Waals surface area contributed by atoms with E-state index >= 15 is 0 Å². The number of halogens is 4. The van der Waals surface area contributed by atoms with Gasteiger partial charge in [0.2, 0.25) is 34.8 Å². The third-order valence-corrected chi connectivity index (χ3v) is 4.96. The maximum absolute atomic E-state index is 14.8. The predicted molar refractivity (Wildman–Crippen MR) is 110 cm³/mol. The van der Waals surface area contributed by atoms with Gasteiger partial charge in [-0.2, -0.15) is 17.6 Å². The van der Waals surface area contributed by atoms with Crippen molar-refractivity contribution in [1.82, 2.24) is 0 Å². The monoisotopic (exact) mass is 478 g/mol. The minimum absolute atomic E-state index is 0.0866. The van der Waals surface area contributed by atoms with Gasteiger partial charge >= 0.3 is 0 Å². The molecule has 3 aromatic rings. The van der Waals surface area contributed by atoms with Gasteiger partial charge in [0.05, 0.1) is 13.2 Å². The molecule has 178 valence electrons. The van der Waals surface area contributed by atoms with Gasteiger partial charge in [-0.05, 0) is 24.3 Å². The first kappa shape index (κ1) is 22.3. The molecular weight excluding hydrogens is 460 g/mol. The molecule has 2 aliphatic rings. The highest BCUT2D eigenvalue weighted by atomic mass is 19.2. The topological polar surface area (TPSA) is 62.0 Å². The van der Waals surface area contributed by atoms with Crippen molar-refractivity contribution in [3.8, 4) is 34.5 Å². The second-order valence-corrected chi connectivity index (χ2v) is 7.54. The van der Waals surface area contributed by atoms with Gasteiger partial charge in [0, 0.05) is 0 Å². The Hall–Kier alpha value is -3.50. The Morgan fingerprint density at radius 2 is 0.912 bits per heavy atom. The summed E-state index contributed by atoms with van der Waals surface area (Å²) in [5, 5.41) is 0. The Kier molecular flexibility index (Phi) is 6.16. The van der Waals surface area contributed by atoms with E-state index in [2.05, 4.69) is 0 Å². The Labute approximate surface area is 191 Å². The van der Waals surface area contributed by atoms with Crippen molar-refractivity contribution in [3.63, 3.8) is 0 Å². The van der Waals surface area contributed by atoms with Gasteiger partial charge < -0.3 is 28.4 Å². The molecule has 2 aliphatic heterocycles. The van der Waals surface area contributed by atoms with Crippen LogP contribution in [0.5, 0.6) is 34.5 Å². The first-order valence-corrected chi connectivity index (χ1v) is 10.4. The third-order valence-electron chi connectivity index (χ3n) is 4.96. The summed E-state index contributed by atoms with van der Waals surface area (Å²) >= 11 is 0. The van der Waals surface area contributed by atoms with E-state index in [0.29, 0.717) is 13.2 Å². The van der Waals surface area contributed by atoms with E-state index < -0.39 is 34.8 Å². The van der Waals surface area contributed by atoms with Crippen LogP contribution in [-0.4, -0.2) is 38.6 Å². The summed E-state index contributed by atoms with van der Waals surface area (Å²) in [4.78, 5) is 0. The molecule has 0 spiro atoms. The third kappa shape index (κ3) is 4.87. The lowest BCUT2D eigenvalue weighted by Crippen LogP contribution is -2.07. The van der Waals surface area contributed by atoms with Gasteiger partial charge in [0.15, 0.2) is 23.0 Å². The van der Waals surface area contributed by atoms with Crippen LogP contribution in [0.2, 0.25) is 0 Å². The molecule has 2 saturated heterocycles. The van der Waals surface area contributed by atoms with Crippen LogP contribution < -0.4 is 18.9 Å². The van der Waals surface area contributed by atoms with Crippen LogP contribution in [0.25, 0.3) is 0 Å². The molecule has 0 bridgehead atoms. The molecule has 2 unspecified atom stereocenters. The molecule has 0 radical (unpaired) electrons. The lowest BCUT2D eigenvalue weighted by atomic mass is 10.2. The van der Waals surface area contributed by atoms with E-state index in [1.165, 1.54) is 36.4 Å². The highest BCUT2D eigenvalue weighted by molar-refractivity contribution is 5.48. The number of benzene rings is 3. The Balaban J connectivity index is 1.41. The molecule has 0 amide bonds. The van der Waals surface area contributed by atoms with Crippen LogP contribution in [0.3, 0.4) is 0 Å². The summed E-state index contributed by atoms with van der Waals surface area (Å²) in [6, 6.07) is 11.9. The van der Waals surface area contributed by atoms with E-state index in [4.69, 9.17) is 28.4 Å². The molecule has 5 rings (SSSR count). The van der Waals surface area contributed by atoms with Crippen molar-refractivity contribution in [2.45, 2.75) is 12.2 Å². The highest BCUT2D eigenvalue weighted by Gasteiger charge is 2.31. The van der Waals surface area contributed by atoms with E-state index in [1.54, 1.807) is 12.1 Å². The van der Waals surface area contributed by atoms with Crippen molar-refractivity contribution in [2.24, 2.45) is 0 Å². The molecule has 2 atom stereocenters. The van der Waals surface area contributed by atoms with E-state index in [0.717, 1.165) is 0 Å². The van der Waals surface area contributed by atoms with Gasteiger partial charge in [-0.1, -0.05) is 24.3 Å². The zero-order valence-corrected chi connectivity index (χ0v) is 17.6. The van der Waals surface area contributed by atoms with E-state index in [-0.39, 0.29) is 48.4 Å².